The molecule has 156 valence electrons. The van der Waals surface area contributed by atoms with Gasteiger partial charge in [0, 0.05) is 5.69 Å². The highest BCUT2D eigenvalue weighted by atomic mass is 32.3. The van der Waals surface area contributed by atoms with Gasteiger partial charge < -0.3 is 10.4 Å². The number of amides is 1. The van der Waals surface area contributed by atoms with E-state index < -0.39 is 15.8 Å². The molecule has 0 aliphatic rings. The summed E-state index contributed by atoms with van der Waals surface area (Å²) < 4.78 is 21.8. The predicted octanol–water partition coefficient (Wildman–Crippen LogP) is 4.47. The zero-order chi connectivity index (χ0) is 21.8. The van der Waals surface area contributed by atoms with Crippen LogP contribution in [-0.4, -0.2) is 21.3 Å². The standard InChI is InChI=1S/C24H25NO4S/c1-3-30(28,29)22-15-9-18(10-16-22)17-23(26)25-21-13-11-20(12-14-21)24(2,27)19-7-5-4-6-8-19/h4-16,27H,3,17H2,1-2H3,(H-,25,26,28,29)/p+1. The first-order valence-electron chi connectivity index (χ1n) is 9.74. The number of aliphatic hydroxyl groups is 1. The number of benzene rings is 3. The van der Waals surface area contributed by atoms with Crippen molar-refractivity contribution in [3.05, 3.63) is 95.6 Å². The molecule has 2 unspecified atom stereocenters. The fourth-order valence-electron chi connectivity index (χ4n) is 3.18. The van der Waals surface area contributed by atoms with Gasteiger partial charge in [0.25, 0.3) is 0 Å². The summed E-state index contributed by atoms with van der Waals surface area (Å²) in [4.78, 5) is 12.7. The molecule has 3 aromatic rings. The maximum atomic E-state index is 12.4. The van der Waals surface area contributed by atoms with Gasteiger partial charge >= 0.3 is 0 Å². The fourth-order valence-corrected chi connectivity index (χ4v) is 4.08. The lowest BCUT2D eigenvalue weighted by molar-refractivity contribution is -0.115. The first kappa shape index (κ1) is 21.9. The van der Waals surface area contributed by atoms with E-state index in [-0.39, 0.29) is 18.1 Å². The topological polar surface area (TPSA) is 86.6 Å². The van der Waals surface area contributed by atoms with E-state index in [0.29, 0.717) is 10.6 Å². The Hall–Kier alpha value is -2.80. The highest BCUT2D eigenvalue weighted by Crippen LogP contribution is 2.29. The molecule has 5 nitrogen and oxygen atoms in total. The minimum absolute atomic E-state index is 0.153. The minimum Gasteiger partial charge on any atom is -0.381 e. The Morgan fingerprint density at radius 1 is 0.933 bits per heavy atom. The van der Waals surface area contributed by atoms with Crippen LogP contribution in [0.3, 0.4) is 0 Å². The third-order valence-electron chi connectivity index (χ3n) is 5.11. The molecular formula is C24H26NO4S+. The monoisotopic (exact) mass is 424 g/mol. The summed E-state index contributed by atoms with van der Waals surface area (Å²) in [5.74, 6) is -0.0365. The maximum Gasteiger partial charge on any atom is 0.247 e. The fraction of sp³-hybridized carbons (Fsp3) is 0.208. The summed E-state index contributed by atoms with van der Waals surface area (Å²) >= 11 is 0. The summed E-state index contributed by atoms with van der Waals surface area (Å²) in [6.45, 7) is 3.40. The molecule has 3 aromatic carbocycles. The van der Waals surface area contributed by atoms with Crippen LogP contribution in [0, 0.1) is 0 Å². The molecule has 6 heteroatoms. The molecular weight excluding hydrogens is 398 g/mol. The Labute approximate surface area is 178 Å². The van der Waals surface area contributed by atoms with E-state index >= 15 is 0 Å². The van der Waals surface area contributed by atoms with Crippen molar-refractivity contribution in [2.75, 3.05) is 11.1 Å². The molecule has 0 aliphatic heterocycles. The second-order valence-corrected chi connectivity index (χ2v) is 9.64. The van der Waals surface area contributed by atoms with Crippen LogP contribution in [0.5, 0.6) is 0 Å². The Morgan fingerprint density at radius 3 is 2.07 bits per heavy atom. The molecule has 3 N–H and O–H groups in total. The second-order valence-electron chi connectivity index (χ2n) is 7.31. The lowest BCUT2D eigenvalue weighted by Gasteiger charge is -2.24. The summed E-state index contributed by atoms with van der Waals surface area (Å²) in [5, 5.41) is 13.7. The van der Waals surface area contributed by atoms with Gasteiger partial charge in [0.15, 0.2) is 4.90 Å². The molecule has 0 fully saturated rings. The molecule has 0 aliphatic carbocycles. The first-order chi connectivity index (χ1) is 14.2. The van der Waals surface area contributed by atoms with Crippen LogP contribution in [0.25, 0.3) is 0 Å². The smallest absolute Gasteiger partial charge is 0.247 e. The van der Waals surface area contributed by atoms with E-state index in [9.17, 15) is 18.7 Å². The molecule has 0 spiro atoms. The molecule has 0 saturated heterocycles. The van der Waals surface area contributed by atoms with Gasteiger partial charge in [-0.1, -0.05) is 58.8 Å². The van der Waals surface area contributed by atoms with Gasteiger partial charge in [-0.15, -0.1) is 0 Å². The van der Waals surface area contributed by atoms with Gasteiger partial charge in [-0.3, -0.25) is 4.79 Å². The van der Waals surface area contributed by atoms with E-state index in [4.69, 9.17) is 0 Å². The Balaban J connectivity index is 1.64. The van der Waals surface area contributed by atoms with Crippen LogP contribution in [0.4, 0.5) is 5.69 Å². The van der Waals surface area contributed by atoms with Crippen LogP contribution >= 0.6 is 0 Å². The van der Waals surface area contributed by atoms with Crippen LogP contribution < -0.4 is 5.32 Å². The number of nitrogens with one attached hydrogen (secondary N) is 1. The quantitative estimate of drug-likeness (QED) is 0.488. The number of anilines is 1. The van der Waals surface area contributed by atoms with Crippen LogP contribution in [0.15, 0.2) is 83.8 Å². The normalized spacial score (nSPS) is 15.1. The molecule has 0 radical (unpaired) electrons. The van der Waals surface area contributed by atoms with Gasteiger partial charge in [0.05, 0.1) is 6.42 Å². The Kier molecular flexibility index (Phi) is 6.51. The van der Waals surface area contributed by atoms with Crippen molar-refractivity contribution < 1.29 is 18.7 Å². The lowest BCUT2D eigenvalue weighted by atomic mass is 9.88. The highest BCUT2D eigenvalue weighted by Gasteiger charge is 2.26. The zero-order valence-electron chi connectivity index (χ0n) is 17.0. The van der Waals surface area contributed by atoms with Gasteiger partial charge in [0.2, 0.25) is 16.1 Å². The number of carbonyl (C=O) groups excluding carboxylic acids is 1. The van der Waals surface area contributed by atoms with E-state index in [1.165, 1.54) is 0 Å². The van der Waals surface area contributed by atoms with Gasteiger partial charge in [-0.25, -0.2) is 0 Å². The molecule has 2 atom stereocenters. The molecule has 1 amide bonds. The molecule has 0 saturated carbocycles. The summed E-state index contributed by atoms with van der Waals surface area (Å²) in [6.07, 6.45) is 0.155. The number of hydrogen-bond donors (Lipinski definition) is 3. The Morgan fingerprint density at radius 2 is 1.50 bits per heavy atom. The van der Waals surface area contributed by atoms with Crippen molar-refractivity contribution >= 4 is 21.8 Å². The van der Waals surface area contributed by atoms with Crippen molar-refractivity contribution in [2.24, 2.45) is 0 Å². The second kappa shape index (κ2) is 8.92. The van der Waals surface area contributed by atoms with Crippen LogP contribution in [0.2, 0.25) is 0 Å². The summed E-state index contributed by atoms with van der Waals surface area (Å²) in [6, 6.07) is 23.1. The molecule has 30 heavy (non-hydrogen) atoms. The highest BCUT2D eigenvalue weighted by molar-refractivity contribution is 7.97. The van der Waals surface area contributed by atoms with Gasteiger partial charge in [-0.05, 0) is 54.8 Å². The van der Waals surface area contributed by atoms with Crippen molar-refractivity contribution in [1.29, 1.82) is 0 Å². The van der Waals surface area contributed by atoms with E-state index in [1.54, 1.807) is 62.4 Å². The average Bonchev–Trinajstić information content (AvgIpc) is 2.75. The van der Waals surface area contributed by atoms with E-state index in [1.807, 2.05) is 30.3 Å². The lowest BCUT2D eigenvalue weighted by Crippen LogP contribution is -2.22. The van der Waals surface area contributed by atoms with Crippen LogP contribution in [-0.2, 0) is 31.2 Å². The Bertz CT molecular complexity index is 1040. The summed E-state index contributed by atoms with van der Waals surface area (Å²) in [5.41, 5.74) is 1.78. The third-order valence-corrected chi connectivity index (χ3v) is 6.91. The minimum atomic E-state index is -3.00. The van der Waals surface area contributed by atoms with E-state index in [2.05, 4.69) is 5.32 Å². The number of rotatable bonds is 7. The summed E-state index contributed by atoms with van der Waals surface area (Å²) in [7, 11) is -3.00. The van der Waals surface area contributed by atoms with E-state index in [0.717, 1.165) is 16.7 Å². The van der Waals surface area contributed by atoms with Crippen molar-refractivity contribution in [3.63, 3.8) is 0 Å². The average molecular weight is 425 g/mol. The predicted molar refractivity (Wildman–Crippen MR) is 120 cm³/mol. The number of hydrogen-bond acceptors (Lipinski definition) is 3. The molecule has 0 aromatic heterocycles. The van der Waals surface area contributed by atoms with Crippen LogP contribution in [0.1, 0.15) is 30.5 Å². The molecule has 0 bridgehead atoms. The van der Waals surface area contributed by atoms with Gasteiger partial charge in [-0.2, -0.15) is 4.55 Å². The number of carbonyl (C=O) groups is 1. The SMILES string of the molecule is CC[S+](=O)(O)c1ccc(CC(=O)Nc2ccc(C(C)(O)c3ccccc3)cc2)cc1. The third kappa shape index (κ3) is 5.02. The molecule has 0 heterocycles. The van der Waals surface area contributed by atoms with Crippen molar-refractivity contribution in [3.8, 4) is 0 Å². The zero-order valence-corrected chi connectivity index (χ0v) is 17.9. The van der Waals surface area contributed by atoms with Gasteiger partial charge in [0.1, 0.15) is 11.4 Å². The molecule has 3 rings (SSSR count). The van der Waals surface area contributed by atoms with Crippen molar-refractivity contribution in [2.45, 2.75) is 30.8 Å². The largest absolute Gasteiger partial charge is 0.381 e. The maximum absolute atomic E-state index is 12.4. The van der Waals surface area contributed by atoms with Crippen molar-refractivity contribution in [1.82, 2.24) is 0 Å². The first-order valence-corrected chi connectivity index (χ1v) is 11.4.